The molecule has 0 saturated heterocycles. The second-order valence-electron chi connectivity index (χ2n) is 6.25. The van der Waals surface area contributed by atoms with Crippen LogP contribution in [0.15, 0.2) is 42.6 Å². The lowest BCUT2D eigenvalue weighted by Crippen LogP contribution is -2.32. The molecule has 0 aliphatic heterocycles. The van der Waals surface area contributed by atoms with Gasteiger partial charge in [-0.3, -0.25) is 14.6 Å². The largest absolute Gasteiger partial charge is 0.465 e. The topological polar surface area (TPSA) is 88.6 Å². The quantitative estimate of drug-likeness (QED) is 0.706. The summed E-state index contributed by atoms with van der Waals surface area (Å²) in [4.78, 5) is 42.7. The molecule has 7 heteroatoms. The van der Waals surface area contributed by atoms with Crippen molar-refractivity contribution in [1.82, 2.24) is 9.88 Å². The molecule has 0 unspecified atom stereocenters. The number of carbonyl (C=O) groups excluding carboxylic acids is 3. The molecule has 1 N–H and O–H groups in total. The third-order valence-corrected chi connectivity index (χ3v) is 4.06. The van der Waals surface area contributed by atoms with Gasteiger partial charge in [-0.2, -0.15) is 0 Å². The van der Waals surface area contributed by atoms with Crippen molar-refractivity contribution in [3.8, 4) is 0 Å². The van der Waals surface area contributed by atoms with E-state index in [1.165, 1.54) is 25.4 Å². The molecule has 0 radical (unpaired) electrons. The Morgan fingerprint density at radius 2 is 1.75 bits per heavy atom. The standard InChI is InChI=1S/C21H25N3O4/c1-4-11-24(12-5-2)20(26)15-9-10-22-18(14-15)19(25)23-17-8-6-7-16(13-17)21(27)28-3/h6-10,13-14H,4-5,11-12H2,1-3H3,(H,23,25). The van der Waals surface area contributed by atoms with E-state index in [4.69, 9.17) is 0 Å². The molecular formula is C21H25N3O4. The second kappa shape index (κ2) is 10.2. The molecule has 0 bridgehead atoms. The van der Waals surface area contributed by atoms with E-state index in [2.05, 4.69) is 15.0 Å². The van der Waals surface area contributed by atoms with E-state index >= 15 is 0 Å². The molecule has 0 aliphatic rings. The minimum absolute atomic E-state index is 0.118. The molecule has 0 fully saturated rings. The minimum atomic E-state index is -0.492. The van der Waals surface area contributed by atoms with Crippen LogP contribution < -0.4 is 5.32 Å². The van der Waals surface area contributed by atoms with Gasteiger partial charge in [0.25, 0.3) is 11.8 Å². The number of ether oxygens (including phenoxy) is 1. The summed E-state index contributed by atoms with van der Waals surface area (Å²) < 4.78 is 4.68. The Bertz CT molecular complexity index is 845. The van der Waals surface area contributed by atoms with Crippen molar-refractivity contribution < 1.29 is 19.1 Å². The summed E-state index contributed by atoms with van der Waals surface area (Å²) in [6.07, 6.45) is 3.17. The highest BCUT2D eigenvalue weighted by Gasteiger charge is 2.17. The molecule has 0 atom stereocenters. The van der Waals surface area contributed by atoms with E-state index in [1.54, 1.807) is 29.2 Å². The molecule has 2 rings (SSSR count). The van der Waals surface area contributed by atoms with Crippen LogP contribution in [-0.2, 0) is 4.74 Å². The first-order valence-corrected chi connectivity index (χ1v) is 9.25. The number of methoxy groups -OCH3 is 1. The van der Waals surface area contributed by atoms with E-state index < -0.39 is 11.9 Å². The molecular weight excluding hydrogens is 358 g/mol. The molecule has 28 heavy (non-hydrogen) atoms. The first-order valence-electron chi connectivity index (χ1n) is 9.25. The summed E-state index contributed by atoms with van der Waals surface area (Å²) >= 11 is 0. The predicted octanol–water partition coefficient (Wildman–Crippen LogP) is 3.38. The molecule has 2 aromatic rings. The van der Waals surface area contributed by atoms with E-state index in [0.717, 1.165) is 12.8 Å². The number of rotatable bonds is 8. The molecule has 1 aromatic heterocycles. The van der Waals surface area contributed by atoms with Crippen LogP contribution in [-0.4, -0.2) is 47.9 Å². The highest BCUT2D eigenvalue weighted by atomic mass is 16.5. The lowest BCUT2D eigenvalue weighted by molar-refractivity contribution is 0.0600. The summed E-state index contributed by atoms with van der Waals surface area (Å²) in [7, 11) is 1.29. The average Bonchev–Trinajstić information content (AvgIpc) is 2.72. The van der Waals surface area contributed by atoms with Crippen LogP contribution in [0, 0.1) is 0 Å². The fourth-order valence-corrected chi connectivity index (χ4v) is 2.76. The lowest BCUT2D eigenvalue weighted by Gasteiger charge is -2.21. The Labute approximate surface area is 164 Å². The van der Waals surface area contributed by atoms with Gasteiger partial charge in [-0.1, -0.05) is 19.9 Å². The number of aromatic nitrogens is 1. The van der Waals surface area contributed by atoms with Gasteiger partial charge in [-0.05, 0) is 43.2 Å². The molecule has 0 saturated carbocycles. The molecule has 148 valence electrons. The number of amides is 2. The maximum atomic E-state index is 12.7. The van der Waals surface area contributed by atoms with Crippen molar-refractivity contribution in [2.75, 3.05) is 25.5 Å². The molecule has 7 nitrogen and oxygen atoms in total. The number of benzene rings is 1. The van der Waals surface area contributed by atoms with E-state index in [1.807, 2.05) is 13.8 Å². The van der Waals surface area contributed by atoms with E-state index in [9.17, 15) is 14.4 Å². The van der Waals surface area contributed by atoms with Crippen molar-refractivity contribution in [3.63, 3.8) is 0 Å². The minimum Gasteiger partial charge on any atom is -0.465 e. The molecule has 2 amide bonds. The van der Waals surface area contributed by atoms with Crippen molar-refractivity contribution in [2.45, 2.75) is 26.7 Å². The van der Waals surface area contributed by atoms with Crippen LogP contribution in [0.5, 0.6) is 0 Å². The van der Waals surface area contributed by atoms with Gasteiger partial charge >= 0.3 is 5.97 Å². The smallest absolute Gasteiger partial charge is 0.337 e. The summed E-state index contributed by atoms with van der Waals surface area (Å²) in [5, 5.41) is 2.69. The van der Waals surface area contributed by atoms with E-state index in [0.29, 0.717) is 29.9 Å². The number of hydrogen-bond donors (Lipinski definition) is 1. The van der Waals surface area contributed by atoms with Crippen LogP contribution in [0.1, 0.15) is 57.9 Å². The fourth-order valence-electron chi connectivity index (χ4n) is 2.76. The number of esters is 1. The summed E-state index contributed by atoms with van der Waals surface area (Å²) in [5.74, 6) is -1.07. The third kappa shape index (κ3) is 5.39. The van der Waals surface area contributed by atoms with Crippen molar-refractivity contribution in [1.29, 1.82) is 0 Å². The first-order chi connectivity index (χ1) is 13.5. The third-order valence-electron chi connectivity index (χ3n) is 4.06. The number of anilines is 1. The summed E-state index contributed by atoms with van der Waals surface area (Å²) in [6, 6.07) is 9.50. The first kappa shape index (κ1) is 21.1. The lowest BCUT2D eigenvalue weighted by atomic mass is 10.1. The number of nitrogens with one attached hydrogen (secondary N) is 1. The van der Waals surface area contributed by atoms with Gasteiger partial charge in [0, 0.05) is 30.5 Å². The maximum Gasteiger partial charge on any atom is 0.337 e. The van der Waals surface area contributed by atoms with Crippen LogP contribution in [0.4, 0.5) is 5.69 Å². The molecule has 1 aromatic carbocycles. The fraction of sp³-hybridized carbons (Fsp3) is 0.333. The van der Waals surface area contributed by atoms with Gasteiger partial charge in [-0.15, -0.1) is 0 Å². The van der Waals surface area contributed by atoms with Crippen molar-refractivity contribution >= 4 is 23.5 Å². The van der Waals surface area contributed by atoms with Crippen LogP contribution in [0.3, 0.4) is 0 Å². The van der Waals surface area contributed by atoms with Gasteiger partial charge in [0.1, 0.15) is 5.69 Å². The zero-order valence-corrected chi connectivity index (χ0v) is 16.4. The summed E-state index contributed by atoms with van der Waals surface area (Å²) in [6.45, 7) is 5.36. The van der Waals surface area contributed by atoms with Crippen molar-refractivity contribution in [2.24, 2.45) is 0 Å². The molecule has 0 aliphatic carbocycles. The van der Waals surface area contributed by atoms with Crippen LogP contribution in [0.25, 0.3) is 0 Å². The van der Waals surface area contributed by atoms with Crippen molar-refractivity contribution in [3.05, 3.63) is 59.4 Å². The Hall–Kier alpha value is -3.22. The Morgan fingerprint density at radius 3 is 2.39 bits per heavy atom. The number of nitrogens with zero attached hydrogens (tertiary/aromatic N) is 2. The highest BCUT2D eigenvalue weighted by molar-refractivity contribution is 6.05. The maximum absolute atomic E-state index is 12.7. The van der Waals surface area contributed by atoms with E-state index in [-0.39, 0.29) is 11.6 Å². The number of hydrogen-bond acceptors (Lipinski definition) is 5. The highest BCUT2D eigenvalue weighted by Crippen LogP contribution is 2.14. The monoisotopic (exact) mass is 383 g/mol. The van der Waals surface area contributed by atoms with Gasteiger partial charge in [0.15, 0.2) is 0 Å². The Morgan fingerprint density at radius 1 is 1.04 bits per heavy atom. The predicted molar refractivity (Wildman–Crippen MR) is 106 cm³/mol. The van der Waals surface area contributed by atoms with Gasteiger partial charge < -0.3 is 15.0 Å². The van der Waals surface area contributed by atoms with Gasteiger partial charge in [0.05, 0.1) is 12.7 Å². The second-order valence-corrected chi connectivity index (χ2v) is 6.25. The summed E-state index contributed by atoms with van der Waals surface area (Å²) in [5.41, 5.74) is 1.31. The number of pyridine rings is 1. The zero-order valence-electron chi connectivity index (χ0n) is 16.4. The zero-order chi connectivity index (χ0) is 20.5. The van der Waals surface area contributed by atoms with Gasteiger partial charge in [-0.25, -0.2) is 4.79 Å². The van der Waals surface area contributed by atoms with Crippen LogP contribution >= 0.6 is 0 Å². The normalized spacial score (nSPS) is 10.2. The Kier molecular flexibility index (Phi) is 7.68. The molecule has 0 spiro atoms. The van der Waals surface area contributed by atoms with Gasteiger partial charge in [0.2, 0.25) is 0 Å². The average molecular weight is 383 g/mol. The Balaban J connectivity index is 2.18. The number of carbonyl (C=O) groups is 3. The SMILES string of the molecule is CCCN(CCC)C(=O)c1ccnc(C(=O)Nc2cccc(C(=O)OC)c2)c1. The molecule has 1 heterocycles. The van der Waals surface area contributed by atoms with Crippen LogP contribution in [0.2, 0.25) is 0 Å².